The van der Waals surface area contributed by atoms with Crippen LogP contribution in [0.1, 0.15) is 53.5 Å². The number of rotatable bonds is 11. The maximum absolute atomic E-state index is 11.8. The van der Waals surface area contributed by atoms with Gasteiger partial charge in [0.05, 0.1) is 31.8 Å². The van der Waals surface area contributed by atoms with Crippen molar-refractivity contribution < 1.29 is 27.4 Å². The van der Waals surface area contributed by atoms with Crippen LogP contribution in [0, 0.1) is 18.8 Å². The monoisotopic (exact) mass is 560 g/mol. The molecule has 0 saturated heterocycles. The Morgan fingerprint density at radius 3 is 2.50 bits per heavy atom. The van der Waals surface area contributed by atoms with Crippen LogP contribution in [0.3, 0.4) is 0 Å². The number of hydrogen-bond donors (Lipinski definition) is 0. The normalized spacial score (nSPS) is 12.8. The fourth-order valence-electron chi connectivity index (χ4n) is 5.19. The minimum absolute atomic E-state index is 0.128. The molecule has 3 aromatic rings. The largest absolute Gasteiger partial charge is 0.494 e. The Morgan fingerprint density at radius 1 is 1.02 bits per heavy atom. The molecule has 4 rings (SSSR count). The maximum Gasteiger partial charge on any atom is 0.307 e. The lowest BCUT2D eigenvalue weighted by Gasteiger charge is -2.25. The summed E-state index contributed by atoms with van der Waals surface area (Å²) in [5.41, 5.74) is 8.26. The van der Waals surface area contributed by atoms with Crippen molar-refractivity contribution in [3.63, 3.8) is 0 Å². The summed E-state index contributed by atoms with van der Waals surface area (Å²) in [4.78, 5) is 11.8. The second kappa shape index (κ2) is 13.1. The van der Waals surface area contributed by atoms with Crippen LogP contribution in [0.2, 0.25) is 0 Å². The molecule has 0 amide bonds. The Kier molecular flexibility index (Phi) is 9.54. The van der Waals surface area contributed by atoms with Gasteiger partial charge in [0, 0.05) is 6.26 Å². The average Bonchev–Trinajstić information content (AvgIpc) is 2.93. The molecule has 0 aliphatic heterocycles. The van der Waals surface area contributed by atoms with E-state index in [0.29, 0.717) is 19.6 Å². The van der Waals surface area contributed by atoms with E-state index in [1.54, 1.807) is 6.92 Å². The van der Waals surface area contributed by atoms with Crippen LogP contribution < -0.4 is 9.47 Å². The van der Waals surface area contributed by atoms with Gasteiger partial charge in [-0.05, 0) is 96.3 Å². The number of benzene rings is 3. The summed E-state index contributed by atoms with van der Waals surface area (Å²) in [5, 5.41) is 0. The molecule has 0 aromatic heterocycles. The number of carbonyl (C=O) groups is 1. The zero-order chi connectivity index (χ0) is 28.7. The predicted molar refractivity (Wildman–Crippen MR) is 157 cm³/mol. The Bertz CT molecular complexity index is 1530. The number of aryl methyl sites for hydroxylation is 2. The highest BCUT2D eigenvalue weighted by Gasteiger charge is 2.22. The first-order valence-electron chi connectivity index (χ1n) is 13.5. The van der Waals surface area contributed by atoms with Crippen LogP contribution >= 0.6 is 0 Å². The minimum atomic E-state index is -2.98. The summed E-state index contributed by atoms with van der Waals surface area (Å²) in [6.45, 7) is 4.69. The maximum atomic E-state index is 11.8. The summed E-state index contributed by atoms with van der Waals surface area (Å²) in [6, 6.07) is 18.2. The van der Waals surface area contributed by atoms with Gasteiger partial charge < -0.3 is 14.2 Å². The van der Waals surface area contributed by atoms with Crippen LogP contribution in [0.4, 0.5) is 0 Å². The molecule has 1 atom stereocenters. The molecule has 0 N–H and O–H groups in total. The highest BCUT2D eigenvalue weighted by Crippen LogP contribution is 2.39. The van der Waals surface area contributed by atoms with Crippen LogP contribution in [0.25, 0.3) is 11.1 Å². The van der Waals surface area contributed by atoms with Crippen molar-refractivity contribution in [1.29, 1.82) is 0 Å². The number of methoxy groups -OCH3 is 1. The summed E-state index contributed by atoms with van der Waals surface area (Å²) in [7, 11) is -1.60. The van der Waals surface area contributed by atoms with Crippen molar-refractivity contribution >= 4 is 15.8 Å². The van der Waals surface area contributed by atoms with E-state index in [0.717, 1.165) is 41.0 Å². The van der Waals surface area contributed by atoms with Crippen molar-refractivity contribution in [1.82, 2.24) is 0 Å². The molecular formula is C33H36O6S. The third-order valence-corrected chi connectivity index (χ3v) is 8.13. The molecule has 0 heterocycles. The van der Waals surface area contributed by atoms with Gasteiger partial charge in [0.1, 0.15) is 27.9 Å². The predicted octanol–water partition coefficient (Wildman–Crippen LogP) is 5.82. The molecule has 0 saturated carbocycles. The third-order valence-electron chi connectivity index (χ3n) is 7.10. The number of carbonyl (C=O) groups excluding carboxylic acids is 1. The van der Waals surface area contributed by atoms with Crippen molar-refractivity contribution in [3.8, 4) is 34.5 Å². The van der Waals surface area contributed by atoms with E-state index in [1.807, 2.05) is 30.3 Å². The van der Waals surface area contributed by atoms with Gasteiger partial charge in [-0.25, -0.2) is 8.42 Å². The van der Waals surface area contributed by atoms with Gasteiger partial charge in [0.15, 0.2) is 0 Å². The van der Waals surface area contributed by atoms with E-state index in [-0.39, 0.29) is 24.1 Å². The van der Waals surface area contributed by atoms with Crippen LogP contribution in [-0.4, -0.2) is 40.1 Å². The third kappa shape index (κ3) is 7.45. The highest BCUT2D eigenvalue weighted by molar-refractivity contribution is 7.90. The standard InChI is InChI=1S/C33H36O6S/c1-5-8-25(21-32(34)37-3)24-11-14-28(15-12-24)39-22-27-9-6-10-31-30(27)16-13-26-20-29(19-23(2)33(26)31)38-17-7-18-40(4,35)36/h6,9-12,14-15,19-20,25H,7,13,16-18,21-22H2,1-4H3. The first-order chi connectivity index (χ1) is 19.2. The molecule has 0 spiro atoms. The molecule has 0 radical (unpaired) electrons. The van der Waals surface area contributed by atoms with Crippen molar-refractivity contribution in [2.75, 3.05) is 25.7 Å². The molecule has 40 heavy (non-hydrogen) atoms. The molecule has 0 bridgehead atoms. The number of esters is 1. The molecule has 1 aliphatic carbocycles. The molecule has 0 fully saturated rings. The second-order valence-electron chi connectivity index (χ2n) is 10.1. The Hall–Kier alpha value is -3.76. The van der Waals surface area contributed by atoms with Crippen LogP contribution in [-0.2, 0) is 38.8 Å². The number of ether oxygens (including phenoxy) is 3. The quantitative estimate of drug-likeness (QED) is 0.167. The van der Waals surface area contributed by atoms with Crippen molar-refractivity contribution in [2.24, 2.45) is 0 Å². The van der Waals surface area contributed by atoms with Gasteiger partial charge in [-0.2, -0.15) is 0 Å². The van der Waals surface area contributed by atoms with Crippen LogP contribution in [0.15, 0.2) is 54.6 Å². The van der Waals surface area contributed by atoms with Crippen molar-refractivity contribution in [2.45, 2.75) is 52.1 Å². The van der Waals surface area contributed by atoms with E-state index in [9.17, 15) is 13.2 Å². The number of hydrogen-bond acceptors (Lipinski definition) is 6. The summed E-state index contributed by atoms with van der Waals surface area (Å²) >= 11 is 0. The van der Waals surface area contributed by atoms with Gasteiger partial charge in [0.2, 0.25) is 0 Å². The van der Waals surface area contributed by atoms with E-state index in [2.05, 4.69) is 43.0 Å². The first kappa shape index (κ1) is 29.2. The van der Waals surface area contributed by atoms with Gasteiger partial charge in [0.25, 0.3) is 0 Å². The van der Waals surface area contributed by atoms with E-state index < -0.39 is 9.84 Å². The van der Waals surface area contributed by atoms with E-state index in [4.69, 9.17) is 14.2 Å². The molecule has 7 heteroatoms. The zero-order valence-electron chi connectivity index (χ0n) is 23.6. The number of fused-ring (bicyclic) bond motifs is 3. The lowest BCUT2D eigenvalue weighted by atomic mass is 9.81. The lowest BCUT2D eigenvalue weighted by molar-refractivity contribution is -0.140. The minimum Gasteiger partial charge on any atom is -0.494 e. The van der Waals surface area contributed by atoms with Gasteiger partial charge >= 0.3 is 5.97 Å². The first-order valence-corrected chi connectivity index (χ1v) is 15.5. The topological polar surface area (TPSA) is 78.9 Å². The van der Waals surface area contributed by atoms with Crippen molar-refractivity contribution in [3.05, 3.63) is 82.4 Å². The van der Waals surface area contributed by atoms with Crippen LogP contribution in [0.5, 0.6) is 11.5 Å². The average molecular weight is 561 g/mol. The fraction of sp³-hybridized carbons (Fsp3) is 0.364. The van der Waals surface area contributed by atoms with E-state index >= 15 is 0 Å². The summed E-state index contributed by atoms with van der Waals surface area (Å²) < 4.78 is 39.6. The second-order valence-corrected chi connectivity index (χ2v) is 12.4. The molecule has 210 valence electrons. The smallest absolute Gasteiger partial charge is 0.307 e. The SMILES string of the molecule is CC#CC(CC(=O)OC)c1ccc(OCc2cccc3c2CCc2cc(OCCCS(C)(=O)=O)cc(C)c2-3)cc1. The van der Waals surface area contributed by atoms with Gasteiger partial charge in [-0.1, -0.05) is 36.3 Å². The fourth-order valence-corrected chi connectivity index (χ4v) is 5.84. The molecule has 6 nitrogen and oxygen atoms in total. The van der Waals surface area contributed by atoms with E-state index in [1.165, 1.54) is 35.6 Å². The summed E-state index contributed by atoms with van der Waals surface area (Å²) in [6.07, 6.45) is 3.74. The zero-order valence-corrected chi connectivity index (χ0v) is 24.4. The number of sulfone groups is 1. The van der Waals surface area contributed by atoms with Gasteiger partial charge in [-0.15, -0.1) is 5.92 Å². The molecule has 1 unspecified atom stereocenters. The Balaban J connectivity index is 1.46. The summed E-state index contributed by atoms with van der Waals surface area (Å²) in [5.74, 6) is 7.16. The highest BCUT2D eigenvalue weighted by atomic mass is 32.2. The molecule has 3 aromatic carbocycles. The molecular weight excluding hydrogens is 524 g/mol. The Labute approximate surface area is 237 Å². The van der Waals surface area contributed by atoms with Gasteiger partial charge in [-0.3, -0.25) is 4.79 Å². The molecule has 1 aliphatic rings. The Morgan fingerprint density at radius 2 is 1.80 bits per heavy atom. The lowest BCUT2D eigenvalue weighted by Crippen LogP contribution is -2.11.